The number of nitrogens with one attached hydrogen (secondary N) is 2. The second-order valence-electron chi connectivity index (χ2n) is 11.6. The van der Waals surface area contributed by atoms with Crippen LogP contribution in [-0.2, 0) is 29.0 Å². The van der Waals surface area contributed by atoms with Gasteiger partial charge in [0, 0.05) is 26.0 Å². The van der Waals surface area contributed by atoms with E-state index in [1.54, 1.807) is 74.5 Å². The smallest absolute Gasteiger partial charge is 0.341 e. The van der Waals surface area contributed by atoms with E-state index in [1.165, 1.54) is 24.7 Å². The summed E-state index contributed by atoms with van der Waals surface area (Å²) in [5.74, 6) is 0.577. The number of nitrogens with zero attached hydrogens (tertiary/aromatic N) is 1. The van der Waals surface area contributed by atoms with Gasteiger partial charge < -0.3 is 24.3 Å². The molecule has 0 radical (unpaired) electrons. The van der Waals surface area contributed by atoms with Crippen LogP contribution in [0.2, 0.25) is 10.0 Å². The summed E-state index contributed by atoms with van der Waals surface area (Å²) in [7, 11) is 1.52. The number of hydrogen-bond donors (Lipinski definition) is 2. The molecule has 50 heavy (non-hydrogen) atoms. The summed E-state index contributed by atoms with van der Waals surface area (Å²) in [4.78, 5) is 39.8. The van der Waals surface area contributed by atoms with Gasteiger partial charge in [0.1, 0.15) is 17.4 Å². The fourth-order valence-corrected chi connectivity index (χ4v) is 7.24. The summed E-state index contributed by atoms with van der Waals surface area (Å²) in [5.41, 5.74) is 5.58. The van der Waals surface area contributed by atoms with E-state index in [0.29, 0.717) is 60.5 Å². The second-order valence-corrected chi connectivity index (χ2v) is 13.6. The van der Waals surface area contributed by atoms with Crippen LogP contribution in [0.3, 0.4) is 0 Å². The predicted octanol–water partition coefficient (Wildman–Crippen LogP) is 8.11. The number of carbonyl (C=O) groups is 3. The summed E-state index contributed by atoms with van der Waals surface area (Å²) < 4.78 is 22.4. The SMILES string of the molecule is CCOC(=O)c1c(NC(=O)c2ccc(O[C@H](C)C(=O)N/N=C\c3ccc(OCc4c(Cl)cccc4Cl)c(OC)c3)cc2)sc2c1CC[C@H](C)C2. The van der Waals surface area contributed by atoms with Crippen molar-refractivity contribution in [3.8, 4) is 17.2 Å². The van der Waals surface area contributed by atoms with Gasteiger partial charge in [0.15, 0.2) is 17.6 Å². The quantitative estimate of drug-likeness (QED) is 0.0807. The molecule has 262 valence electrons. The summed E-state index contributed by atoms with van der Waals surface area (Å²) in [6, 6.07) is 16.8. The third kappa shape index (κ3) is 8.95. The number of hydrogen-bond acceptors (Lipinski definition) is 9. The maximum Gasteiger partial charge on any atom is 0.341 e. The first-order chi connectivity index (χ1) is 24.1. The lowest BCUT2D eigenvalue weighted by Crippen LogP contribution is -2.33. The molecule has 3 aromatic carbocycles. The van der Waals surface area contributed by atoms with Crippen LogP contribution in [0.5, 0.6) is 17.2 Å². The third-order valence-corrected chi connectivity index (χ3v) is 9.90. The minimum Gasteiger partial charge on any atom is -0.493 e. The number of halogens is 2. The Hall–Kier alpha value is -4.58. The highest BCUT2D eigenvalue weighted by Crippen LogP contribution is 2.40. The van der Waals surface area contributed by atoms with E-state index >= 15 is 0 Å². The summed E-state index contributed by atoms with van der Waals surface area (Å²) in [6.45, 7) is 5.93. The highest BCUT2D eigenvalue weighted by molar-refractivity contribution is 7.17. The van der Waals surface area contributed by atoms with Crippen LogP contribution < -0.4 is 25.0 Å². The maximum atomic E-state index is 13.2. The molecule has 0 aliphatic heterocycles. The molecule has 0 saturated carbocycles. The lowest BCUT2D eigenvalue weighted by molar-refractivity contribution is -0.127. The molecule has 2 amide bonds. The number of esters is 1. The van der Waals surface area contributed by atoms with Gasteiger partial charge in [-0.3, -0.25) is 9.59 Å². The molecule has 2 N–H and O–H groups in total. The number of hydrazone groups is 1. The van der Waals surface area contributed by atoms with Gasteiger partial charge >= 0.3 is 5.97 Å². The largest absolute Gasteiger partial charge is 0.493 e. The molecule has 0 fully saturated rings. The minimum atomic E-state index is -0.888. The summed E-state index contributed by atoms with van der Waals surface area (Å²) >= 11 is 13.9. The molecule has 1 heterocycles. The number of anilines is 1. The Morgan fingerprint density at radius 1 is 1.06 bits per heavy atom. The summed E-state index contributed by atoms with van der Waals surface area (Å²) in [5, 5.41) is 8.46. The van der Waals surface area contributed by atoms with Gasteiger partial charge in [-0.25, -0.2) is 10.2 Å². The van der Waals surface area contributed by atoms with Crippen molar-refractivity contribution in [3.05, 3.63) is 103 Å². The number of amides is 2. The molecular formula is C37H37Cl2N3O7S. The van der Waals surface area contributed by atoms with Crippen LogP contribution >= 0.6 is 34.5 Å². The topological polar surface area (TPSA) is 125 Å². The van der Waals surface area contributed by atoms with Crippen LogP contribution in [0.1, 0.15) is 69.5 Å². The van der Waals surface area contributed by atoms with Crippen LogP contribution in [0.4, 0.5) is 5.00 Å². The first kappa shape index (κ1) is 36.7. The molecule has 1 aliphatic rings. The Bertz CT molecular complexity index is 1870. The normalized spacial score (nSPS) is 14.4. The fourth-order valence-electron chi connectivity index (χ4n) is 5.34. The van der Waals surface area contributed by atoms with E-state index in [0.717, 1.165) is 29.7 Å². The van der Waals surface area contributed by atoms with Crippen molar-refractivity contribution >= 4 is 63.5 Å². The van der Waals surface area contributed by atoms with Gasteiger partial charge in [0.25, 0.3) is 11.8 Å². The highest BCUT2D eigenvalue weighted by Gasteiger charge is 2.29. The Morgan fingerprint density at radius 2 is 1.80 bits per heavy atom. The first-order valence-corrected chi connectivity index (χ1v) is 17.6. The molecule has 5 rings (SSSR count). The molecule has 0 unspecified atom stereocenters. The van der Waals surface area contributed by atoms with Gasteiger partial charge in [-0.2, -0.15) is 5.10 Å². The highest BCUT2D eigenvalue weighted by atomic mass is 35.5. The van der Waals surface area contributed by atoms with E-state index in [9.17, 15) is 14.4 Å². The number of benzene rings is 3. The average molecular weight is 739 g/mol. The van der Waals surface area contributed by atoms with E-state index in [-0.39, 0.29) is 19.1 Å². The predicted molar refractivity (Wildman–Crippen MR) is 195 cm³/mol. The Morgan fingerprint density at radius 3 is 2.50 bits per heavy atom. The molecule has 2 atom stereocenters. The maximum absolute atomic E-state index is 13.2. The van der Waals surface area contributed by atoms with Crippen molar-refractivity contribution in [2.75, 3.05) is 19.0 Å². The average Bonchev–Trinajstić information content (AvgIpc) is 3.45. The van der Waals surface area contributed by atoms with E-state index in [2.05, 4.69) is 22.8 Å². The Kier molecular flexibility index (Phi) is 12.4. The fraction of sp³-hybridized carbons (Fsp3) is 0.297. The van der Waals surface area contributed by atoms with E-state index in [4.69, 9.17) is 42.1 Å². The monoisotopic (exact) mass is 737 g/mol. The Labute approximate surface area is 304 Å². The van der Waals surface area contributed by atoms with Gasteiger partial charge in [-0.1, -0.05) is 36.2 Å². The number of thiophene rings is 1. The zero-order valence-electron chi connectivity index (χ0n) is 28.0. The van der Waals surface area contributed by atoms with E-state index in [1.807, 2.05) is 0 Å². The van der Waals surface area contributed by atoms with Crippen molar-refractivity contribution in [3.63, 3.8) is 0 Å². The second kappa shape index (κ2) is 16.9. The van der Waals surface area contributed by atoms with E-state index < -0.39 is 18.0 Å². The zero-order valence-corrected chi connectivity index (χ0v) is 30.3. The lowest BCUT2D eigenvalue weighted by Gasteiger charge is -2.18. The van der Waals surface area contributed by atoms with Crippen molar-refractivity contribution in [2.24, 2.45) is 11.0 Å². The number of rotatable bonds is 13. The molecule has 0 spiro atoms. The van der Waals surface area contributed by atoms with Crippen molar-refractivity contribution in [2.45, 2.75) is 52.7 Å². The zero-order chi connectivity index (χ0) is 35.8. The van der Waals surface area contributed by atoms with Gasteiger partial charge in [-0.05, 0) is 105 Å². The Balaban J connectivity index is 1.15. The molecular weight excluding hydrogens is 701 g/mol. The van der Waals surface area contributed by atoms with Crippen molar-refractivity contribution < 1.29 is 33.3 Å². The van der Waals surface area contributed by atoms with Crippen LogP contribution in [0.25, 0.3) is 0 Å². The lowest BCUT2D eigenvalue weighted by atomic mass is 9.88. The number of fused-ring (bicyclic) bond motifs is 1. The molecule has 0 saturated heterocycles. The van der Waals surface area contributed by atoms with Crippen molar-refractivity contribution in [1.82, 2.24) is 5.43 Å². The standard InChI is InChI=1S/C37H37Cl2N3O7S/c1-5-47-37(45)33-26-15-9-21(2)17-32(26)50-36(33)41-35(44)24-11-13-25(14-12-24)49-22(3)34(43)42-40-19-23-10-16-30(31(18-23)46-4)48-20-27-28(38)7-6-8-29(27)39/h6-8,10-14,16,18-19,21-22H,5,9,15,17,20H2,1-4H3,(H,41,44)(H,42,43)/b40-19-/t21-,22+/m0/s1. The molecule has 1 aliphatic carbocycles. The molecule has 13 heteroatoms. The van der Waals surface area contributed by atoms with Gasteiger partial charge in [0.2, 0.25) is 0 Å². The number of methoxy groups -OCH3 is 1. The third-order valence-electron chi connectivity index (χ3n) is 8.03. The molecule has 4 aromatic rings. The minimum absolute atomic E-state index is 0.153. The molecule has 10 nitrogen and oxygen atoms in total. The van der Waals surface area contributed by atoms with Crippen LogP contribution in [0.15, 0.2) is 65.8 Å². The molecule has 1 aromatic heterocycles. The van der Waals surface area contributed by atoms with Crippen molar-refractivity contribution in [1.29, 1.82) is 0 Å². The number of carbonyl (C=O) groups excluding carboxylic acids is 3. The van der Waals surface area contributed by atoms with Gasteiger partial charge in [-0.15, -0.1) is 11.3 Å². The summed E-state index contributed by atoms with van der Waals surface area (Å²) in [6.07, 6.45) is 3.20. The molecule has 0 bridgehead atoms. The van der Waals surface area contributed by atoms with Gasteiger partial charge in [0.05, 0.1) is 25.5 Å². The van der Waals surface area contributed by atoms with Crippen LogP contribution in [0, 0.1) is 5.92 Å². The first-order valence-electron chi connectivity index (χ1n) is 16.0. The number of ether oxygens (including phenoxy) is 4. The van der Waals surface area contributed by atoms with Crippen LogP contribution in [-0.4, -0.2) is 43.8 Å².